The lowest BCUT2D eigenvalue weighted by atomic mass is 10.0. The Balaban J connectivity index is 1.47. The number of rotatable bonds is 5. The number of nitrogens with one attached hydrogen (secondary N) is 1. The van der Waals surface area contributed by atoms with Crippen molar-refractivity contribution < 1.29 is 31.9 Å². The number of hydrogen-bond donors (Lipinski definition) is 1. The molecule has 0 aromatic carbocycles. The monoisotopic (exact) mass is 397 g/mol. The van der Waals surface area contributed by atoms with Gasteiger partial charge in [-0.1, -0.05) is 0 Å². The molecule has 2 aromatic heterocycles. The van der Waals surface area contributed by atoms with E-state index in [2.05, 4.69) is 15.0 Å². The van der Waals surface area contributed by atoms with Crippen molar-refractivity contribution in [2.24, 2.45) is 0 Å². The first-order chi connectivity index (χ1) is 13.3. The maximum absolute atomic E-state index is 12.3. The summed E-state index contributed by atoms with van der Waals surface area (Å²) < 4.78 is 46.0. The fourth-order valence-electron chi connectivity index (χ4n) is 2.81. The van der Waals surface area contributed by atoms with Crippen LogP contribution in [0, 0.1) is 0 Å². The number of piperidine rings is 1. The lowest BCUT2D eigenvalue weighted by Crippen LogP contribution is -2.46. The molecule has 1 saturated heterocycles. The van der Waals surface area contributed by atoms with E-state index < -0.39 is 12.8 Å². The maximum atomic E-state index is 12.3. The van der Waals surface area contributed by atoms with Crippen molar-refractivity contribution in [2.45, 2.75) is 25.1 Å². The third-order valence-electron chi connectivity index (χ3n) is 4.23. The zero-order valence-electron chi connectivity index (χ0n) is 14.7. The molecule has 0 saturated carbocycles. The molecule has 2 aromatic rings. The molecular weight excluding hydrogens is 379 g/mol. The van der Waals surface area contributed by atoms with Crippen LogP contribution in [0.1, 0.15) is 33.8 Å². The van der Waals surface area contributed by atoms with Gasteiger partial charge in [0.05, 0.1) is 11.8 Å². The van der Waals surface area contributed by atoms with Gasteiger partial charge in [-0.3, -0.25) is 9.59 Å². The number of pyridine rings is 1. The van der Waals surface area contributed by atoms with Gasteiger partial charge in [0.25, 0.3) is 11.8 Å². The number of furan rings is 1. The van der Waals surface area contributed by atoms with Crippen molar-refractivity contribution in [3.05, 3.63) is 48.0 Å². The number of hydrogen-bond acceptors (Lipinski definition) is 5. The molecule has 0 spiro atoms. The molecule has 10 heteroatoms. The van der Waals surface area contributed by atoms with Crippen LogP contribution in [0.2, 0.25) is 0 Å². The highest BCUT2D eigenvalue weighted by Crippen LogP contribution is 2.18. The summed E-state index contributed by atoms with van der Waals surface area (Å²) in [5, 5.41) is 2.84. The molecule has 1 aliphatic rings. The van der Waals surface area contributed by atoms with Crippen LogP contribution in [0.5, 0.6) is 5.88 Å². The van der Waals surface area contributed by atoms with Crippen LogP contribution in [0.25, 0.3) is 0 Å². The molecule has 150 valence electrons. The van der Waals surface area contributed by atoms with Gasteiger partial charge in [0.1, 0.15) is 0 Å². The molecule has 1 N–H and O–H groups in total. The third-order valence-corrected chi connectivity index (χ3v) is 4.23. The van der Waals surface area contributed by atoms with Crippen LogP contribution in [-0.4, -0.2) is 53.6 Å². The summed E-state index contributed by atoms with van der Waals surface area (Å²) in [7, 11) is 0. The minimum Gasteiger partial charge on any atom is -0.468 e. The van der Waals surface area contributed by atoms with Gasteiger partial charge in [-0.2, -0.15) is 13.2 Å². The Morgan fingerprint density at radius 1 is 1.25 bits per heavy atom. The molecule has 0 atom stereocenters. The fraction of sp³-hybridized carbons (Fsp3) is 0.389. The van der Waals surface area contributed by atoms with Crippen molar-refractivity contribution in [3.63, 3.8) is 0 Å². The number of alkyl halides is 3. The predicted octanol–water partition coefficient (Wildman–Crippen LogP) is 2.65. The molecule has 0 bridgehead atoms. The number of aromatic nitrogens is 1. The van der Waals surface area contributed by atoms with Crippen molar-refractivity contribution in [1.82, 2.24) is 15.2 Å². The number of nitrogens with zero attached hydrogens (tertiary/aromatic N) is 2. The maximum Gasteiger partial charge on any atom is 0.422 e. The summed E-state index contributed by atoms with van der Waals surface area (Å²) in [5.41, 5.74) is 0.216. The first-order valence-corrected chi connectivity index (χ1v) is 8.61. The van der Waals surface area contributed by atoms with E-state index in [1.807, 2.05) is 0 Å². The lowest BCUT2D eigenvalue weighted by Gasteiger charge is -2.31. The molecular formula is C18H18F3N3O4. The minimum atomic E-state index is -4.45. The Bertz CT molecular complexity index is 798. The minimum absolute atomic E-state index is 0.116. The van der Waals surface area contributed by atoms with Crippen LogP contribution in [0.4, 0.5) is 13.2 Å². The number of amides is 2. The predicted molar refractivity (Wildman–Crippen MR) is 90.9 cm³/mol. The van der Waals surface area contributed by atoms with E-state index in [4.69, 9.17) is 4.42 Å². The summed E-state index contributed by atoms with van der Waals surface area (Å²) in [4.78, 5) is 29.9. The summed E-state index contributed by atoms with van der Waals surface area (Å²) in [6.07, 6.45) is -0.689. The quantitative estimate of drug-likeness (QED) is 0.839. The highest BCUT2D eigenvalue weighted by atomic mass is 19.4. The second kappa shape index (κ2) is 8.32. The molecule has 28 heavy (non-hydrogen) atoms. The standard InChI is InChI=1S/C18H18F3N3O4/c19-18(20,21)11-28-15-4-3-12(10-22-15)16(25)23-13-5-7-24(8-6-13)17(26)14-2-1-9-27-14/h1-4,9-10,13H,5-8,11H2,(H,23,25). The van der Waals surface area contributed by atoms with Crippen molar-refractivity contribution in [1.29, 1.82) is 0 Å². The Labute approximate surface area is 158 Å². The number of carbonyl (C=O) groups excluding carboxylic acids is 2. The smallest absolute Gasteiger partial charge is 0.422 e. The van der Waals surface area contributed by atoms with E-state index in [0.717, 1.165) is 6.20 Å². The second-order valence-electron chi connectivity index (χ2n) is 6.31. The van der Waals surface area contributed by atoms with Gasteiger partial charge >= 0.3 is 6.18 Å². The molecule has 0 aliphatic carbocycles. The van der Waals surface area contributed by atoms with E-state index >= 15 is 0 Å². The highest BCUT2D eigenvalue weighted by molar-refractivity contribution is 5.94. The number of ether oxygens (including phenoxy) is 1. The topological polar surface area (TPSA) is 84.7 Å². The van der Waals surface area contributed by atoms with Gasteiger partial charge in [-0.25, -0.2) is 4.98 Å². The van der Waals surface area contributed by atoms with E-state index in [-0.39, 0.29) is 35.1 Å². The average molecular weight is 397 g/mol. The molecule has 3 rings (SSSR count). The largest absolute Gasteiger partial charge is 0.468 e. The summed E-state index contributed by atoms with van der Waals surface area (Å²) in [5.74, 6) is -0.501. The Kier molecular flexibility index (Phi) is 5.86. The third kappa shape index (κ3) is 5.24. The van der Waals surface area contributed by atoms with Crippen LogP contribution >= 0.6 is 0 Å². The Morgan fingerprint density at radius 2 is 2.00 bits per heavy atom. The van der Waals surface area contributed by atoms with Crippen LogP contribution < -0.4 is 10.1 Å². The van der Waals surface area contributed by atoms with E-state index in [1.54, 1.807) is 17.0 Å². The SMILES string of the molecule is O=C(NC1CCN(C(=O)c2ccco2)CC1)c1ccc(OCC(F)(F)F)nc1. The number of carbonyl (C=O) groups is 2. The molecule has 3 heterocycles. The zero-order chi connectivity index (χ0) is 20.1. The molecule has 1 fully saturated rings. The zero-order valence-corrected chi connectivity index (χ0v) is 14.7. The van der Waals surface area contributed by atoms with Gasteiger partial charge < -0.3 is 19.4 Å². The number of halogens is 3. The number of likely N-dealkylation sites (tertiary alicyclic amines) is 1. The summed E-state index contributed by atoms with van der Waals surface area (Å²) in [6.45, 7) is -0.485. The molecule has 0 radical (unpaired) electrons. The summed E-state index contributed by atoms with van der Waals surface area (Å²) >= 11 is 0. The van der Waals surface area contributed by atoms with E-state index in [0.29, 0.717) is 25.9 Å². The van der Waals surface area contributed by atoms with Gasteiger partial charge in [0.2, 0.25) is 5.88 Å². The summed E-state index contributed by atoms with van der Waals surface area (Å²) in [6, 6.07) is 5.70. The van der Waals surface area contributed by atoms with Crippen molar-refractivity contribution >= 4 is 11.8 Å². The Hall–Kier alpha value is -3.04. The fourth-order valence-corrected chi connectivity index (χ4v) is 2.81. The van der Waals surface area contributed by atoms with Crippen molar-refractivity contribution in [2.75, 3.05) is 19.7 Å². The van der Waals surface area contributed by atoms with E-state index in [9.17, 15) is 22.8 Å². The van der Waals surface area contributed by atoms with Crippen LogP contribution in [-0.2, 0) is 0 Å². The second-order valence-corrected chi connectivity index (χ2v) is 6.31. The highest BCUT2D eigenvalue weighted by Gasteiger charge is 2.29. The van der Waals surface area contributed by atoms with Gasteiger partial charge in [-0.15, -0.1) is 0 Å². The molecule has 7 nitrogen and oxygen atoms in total. The van der Waals surface area contributed by atoms with Gasteiger partial charge in [-0.05, 0) is 31.0 Å². The lowest BCUT2D eigenvalue weighted by molar-refractivity contribution is -0.154. The average Bonchev–Trinajstić information content (AvgIpc) is 3.21. The van der Waals surface area contributed by atoms with Gasteiger partial charge in [0, 0.05) is 31.4 Å². The van der Waals surface area contributed by atoms with Crippen molar-refractivity contribution in [3.8, 4) is 5.88 Å². The Morgan fingerprint density at radius 3 is 2.57 bits per heavy atom. The van der Waals surface area contributed by atoms with E-state index in [1.165, 1.54) is 18.4 Å². The van der Waals surface area contributed by atoms with Crippen LogP contribution in [0.15, 0.2) is 41.1 Å². The first kappa shape index (κ1) is 19.7. The molecule has 0 unspecified atom stereocenters. The first-order valence-electron chi connectivity index (χ1n) is 8.61. The molecule has 1 aliphatic heterocycles. The van der Waals surface area contributed by atoms with Gasteiger partial charge in [0.15, 0.2) is 12.4 Å². The van der Waals surface area contributed by atoms with Crippen LogP contribution in [0.3, 0.4) is 0 Å². The molecule has 2 amide bonds. The normalized spacial score (nSPS) is 15.3.